The lowest BCUT2D eigenvalue weighted by Gasteiger charge is -2.41. The number of rotatable bonds is 29. The molecule has 0 unspecified atom stereocenters. The average molecular weight is 954 g/mol. The molecule has 2 aliphatic rings. The molecule has 2 aliphatic heterocycles. The van der Waals surface area contributed by atoms with Crippen molar-refractivity contribution in [1.82, 2.24) is 24.9 Å². The third-order valence-corrected chi connectivity index (χ3v) is 14.0. The van der Waals surface area contributed by atoms with E-state index in [2.05, 4.69) is 5.32 Å². The summed E-state index contributed by atoms with van der Waals surface area (Å²) < 4.78 is 17.4. The van der Waals surface area contributed by atoms with Gasteiger partial charge in [0.2, 0.25) is 23.6 Å². The van der Waals surface area contributed by atoms with Gasteiger partial charge in [0.15, 0.2) is 5.78 Å². The van der Waals surface area contributed by atoms with E-state index in [-0.39, 0.29) is 85.3 Å². The molecule has 17 heteroatoms. The lowest BCUT2D eigenvalue weighted by molar-refractivity contribution is -0.150. The number of likely N-dealkylation sites (N-methyl/N-ethyl adjacent to an activating group) is 2. The highest BCUT2D eigenvalue weighted by Crippen LogP contribution is 2.31. The van der Waals surface area contributed by atoms with Gasteiger partial charge in [-0.25, -0.2) is 4.79 Å². The zero-order valence-corrected chi connectivity index (χ0v) is 42.5. The van der Waals surface area contributed by atoms with Crippen molar-refractivity contribution in [2.24, 2.45) is 29.6 Å². The number of nitrogens with one attached hydrogen (secondary N) is 1. The molecule has 1 aromatic carbocycles. The molecule has 0 bridgehead atoms. The summed E-state index contributed by atoms with van der Waals surface area (Å²) in [6, 6.07) is 3.96. The van der Waals surface area contributed by atoms with Crippen LogP contribution in [0, 0.1) is 29.6 Å². The van der Waals surface area contributed by atoms with Crippen LogP contribution < -0.4 is 10.1 Å². The maximum absolute atomic E-state index is 14.6. The lowest BCUT2D eigenvalue weighted by Crippen LogP contribution is -2.55. The van der Waals surface area contributed by atoms with Crippen molar-refractivity contribution in [2.45, 2.75) is 149 Å². The van der Waals surface area contributed by atoms with Gasteiger partial charge in [-0.05, 0) is 55.1 Å². The first-order valence-corrected chi connectivity index (χ1v) is 24.2. The van der Waals surface area contributed by atoms with Gasteiger partial charge in [0, 0.05) is 78.7 Å². The Morgan fingerprint density at radius 2 is 1.50 bits per heavy atom. The number of amides is 6. The molecular weight excluding hydrogens is 875 g/mol. The Bertz CT molecular complexity index is 1920. The number of benzene rings is 1. The number of carboxylic acid groups (broad SMARTS) is 1. The van der Waals surface area contributed by atoms with Gasteiger partial charge in [-0.2, -0.15) is 0 Å². The van der Waals surface area contributed by atoms with Crippen LogP contribution in [0.3, 0.4) is 0 Å². The fraction of sp³-hybridized carbons (Fsp3) is 0.686. The van der Waals surface area contributed by atoms with Crippen LogP contribution in [0.5, 0.6) is 5.75 Å². The molecule has 0 aromatic heterocycles. The van der Waals surface area contributed by atoms with E-state index in [4.69, 9.17) is 14.2 Å². The van der Waals surface area contributed by atoms with E-state index in [1.54, 1.807) is 55.1 Å². The van der Waals surface area contributed by atoms with Crippen molar-refractivity contribution < 1.29 is 57.7 Å². The molecule has 6 amide bonds. The molecule has 1 saturated heterocycles. The zero-order chi connectivity index (χ0) is 51.0. The zero-order valence-electron chi connectivity index (χ0n) is 42.5. The second-order valence-corrected chi connectivity index (χ2v) is 19.2. The Labute approximate surface area is 403 Å². The summed E-state index contributed by atoms with van der Waals surface area (Å²) in [5.74, 6) is -4.97. The highest BCUT2D eigenvalue weighted by atomic mass is 16.5. The topological polar surface area (TPSA) is 209 Å². The Hall–Kier alpha value is -5.16. The minimum absolute atomic E-state index is 0.00139. The number of aliphatic carboxylic acids is 1. The number of imide groups is 1. The Morgan fingerprint density at radius 3 is 2.06 bits per heavy atom. The molecule has 17 nitrogen and oxygen atoms in total. The summed E-state index contributed by atoms with van der Waals surface area (Å²) in [5.41, 5.74) is 0.625. The predicted octanol–water partition coefficient (Wildman–Crippen LogP) is 4.93. The minimum atomic E-state index is -1.24. The summed E-state index contributed by atoms with van der Waals surface area (Å²) in [4.78, 5) is 112. The smallest absolute Gasteiger partial charge is 0.326 e. The summed E-state index contributed by atoms with van der Waals surface area (Å²) in [5, 5.41) is 12.7. The number of carbonyl (C=O) groups is 8. The average Bonchev–Trinajstić information content (AvgIpc) is 3.92. The van der Waals surface area contributed by atoms with Crippen molar-refractivity contribution in [2.75, 3.05) is 48.5 Å². The first kappa shape index (κ1) is 57.2. The van der Waals surface area contributed by atoms with E-state index in [0.29, 0.717) is 56.4 Å². The maximum atomic E-state index is 14.6. The molecule has 3 rings (SSSR count). The summed E-state index contributed by atoms with van der Waals surface area (Å²) in [6.07, 6.45) is 4.60. The van der Waals surface area contributed by atoms with E-state index in [0.717, 1.165) is 0 Å². The summed E-state index contributed by atoms with van der Waals surface area (Å²) >= 11 is 0. The Morgan fingerprint density at radius 1 is 0.853 bits per heavy atom. The molecule has 68 heavy (non-hydrogen) atoms. The largest absolute Gasteiger partial charge is 0.496 e. The molecule has 0 radical (unpaired) electrons. The van der Waals surface area contributed by atoms with Gasteiger partial charge in [0.25, 0.3) is 11.8 Å². The molecule has 0 aliphatic carbocycles. The van der Waals surface area contributed by atoms with E-state index in [1.165, 1.54) is 43.3 Å². The second-order valence-electron chi connectivity index (χ2n) is 19.2. The van der Waals surface area contributed by atoms with Gasteiger partial charge in [0.05, 0.1) is 49.8 Å². The van der Waals surface area contributed by atoms with Crippen molar-refractivity contribution in [1.29, 1.82) is 0 Å². The summed E-state index contributed by atoms with van der Waals surface area (Å²) in [6.45, 7) is 13.9. The highest BCUT2D eigenvalue weighted by Gasteiger charge is 2.44. The Kier molecular flexibility index (Phi) is 22.8. The van der Waals surface area contributed by atoms with E-state index in [1.807, 2.05) is 41.5 Å². The van der Waals surface area contributed by atoms with Crippen LogP contribution in [0.2, 0.25) is 0 Å². The van der Waals surface area contributed by atoms with Crippen LogP contribution in [0.1, 0.15) is 112 Å². The van der Waals surface area contributed by atoms with Crippen molar-refractivity contribution in [3.05, 3.63) is 42.0 Å². The minimum Gasteiger partial charge on any atom is -0.496 e. The quantitative estimate of drug-likeness (QED) is 0.0810. The van der Waals surface area contributed by atoms with Crippen molar-refractivity contribution >= 4 is 47.2 Å². The van der Waals surface area contributed by atoms with Crippen molar-refractivity contribution in [3.63, 3.8) is 0 Å². The molecule has 0 spiro atoms. The van der Waals surface area contributed by atoms with Crippen LogP contribution in [-0.4, -0.2) is 157 Å². The summed E-state index contributed by atoms with van der Waals surface area (Å²) in [7, 11) is 7.78. The maximum Gasteiger partial charge on any atom is 0.326 e. The van der Waals surface area contributed by atoms with Crippen LogP contribution >= 0.6 is 0 Å². The number of hydrogen-bond acceptors (Lipinski definition) is 11. The number of ketones is 1. The van der Waals surface area contributed by atoms with Crippen LogP contribution in [0.4, 0.5) is 0 Å². The Balaban J connectivity index is 1.72. The fourth-order valence-corrected chi connectivity index (χ4v) is 9.85. The van der Waals surface area contributed by atoms with Gasteiger partial charge in [-0.1, -0.05) is 79.5 Å². The number of Topliss-reactive ketones (excluding diaryl/α,β-unsaturated/α-hetero) is 1. The molecule has 9 atom stereocenters. The molecule has 1 aromatic rings. The number of ether oxygens (including phenoxy) is 3. The first-order chi connectivity index (χ1) is 32.1. The standard InChI is InChI=1S/C51H79N5O12/c1-13-33(6)47(54(9)50(63)36(31(2)3)29-39(57)46(32(4)5)53(8)42(58)23-15-14-18-26-56-43(59)24-25-44(56)60)41(67-11)30-45(61)55-27-19-21-38(55)48(68-12)34(7)49(62)52-37(51(64)65)28-35-20-16-17-22-40(35)66-10/h16-17,20,22,24-25,31-34,36-38,41,46-48H,13-15,18-19,21,23,26-30H2,1-12H3,(H,52,62)(H,64,65)/t33-,34+,36-,37-,38-,41+,46-,47-,48+/m0/s1. The lowest BCUT2D eigenvalue weighted by atomic mass is 9.83. The van der Waals surface area contributed by atoms with E-state index >= 15 is 0 Å². The van der Waals surface area contributed by atoms with Crippen molar-refractivity contribution in [3.8, 4) is 5.75 Å². The molecule has 2 heterocycles. The molecule has 1 fully saturated rings. The number of methoxy groups -OCH3 is 3. The third kappa shape index (κ3) is 14.9. The van der Waals surface area contributed by atoms with E-state index < -0.39 is 60.1 Å². The SMILES string of the molecule is CC[C@H](C)[C@@H]([C@@H](CC(=O)N1CCC[C@H]1[C@H](OC)[C@@H](C)C(=O)N[C@@H](Cc1ccccc1OC)C(=O)O)OC)N(C)C(=O)[C@@H](CC(=O)[C@H](C(C)C)N(C)C(=O)CCCCCN1C(=O)C=CC1=O)C(C)C. The number of nitrogens with zero attached hydrogens (tertiary/aromatic N) is 4. The number of unbranched alkanes of at least 4 members (excludes halogenated alkanes) is 2. The van der Waals surface area contributed by atoms with Crippen LogP contribution in [0.15, 0.2) is 36.4 Å². The second kappa shape index (κ2) is 27.1. The molecule has 0 saturated carbocycles. The van der Waals surface area contributed by atoms with Gasteiger partial charge in [-0.15, -0.1) is 0 Å². The van der Waals surface area contributed by atoms with Gasteiger partial charge < -0.3 is 39.3 Å². The molecule has 380 valence electrons. The fourth-order valence-electron chi connectivity index (χ4n) is 9.85. The highest BCUT2D eigenvalue weighted by molar-refractivity contribution is 6.12. The molecular formula is C51H79N5O12. The predicted molar refractivity (Wildman–Crippen MR) is 256 cm³/mol. The third-order valence-electron chi connectivity index (χ3n) is 14.0. The van der Waals surface area contributed by atoms with Crippen LogP contribution in [0.25, 0.3) is 0 Å². The number of carbonyl (C=O) groups excluding carboxylic acids is 7. The van der Waals surface area contributed by atoms with Gasteiger partial charge in [-0.3, -0.25) is 38.5 Å². The monoisotopic (exact) mass is 954 g/mol. The number of carboxylic acids is 1. The molecule has 2 N–H and O–H groups in total. The first-order valence-electron chi connectivity index (χ1n) is 24.2. The number of para-hydroxylation sites is 1. The van der Waals surface area contributed by atoms with Gasteiger partial charge >= 0.3 is 5.97 Å². The van der Waals surface area contributed by atoms with Crippen LogP contribution in [-0.2, 0) is 54.3 Å². The number of likely N-dealkylation sites (tertiary alicyclic amines) is 1. The van der Waals surface area contributed by atoms with E-state index in [9.17, 15) is 43.5 Å². The normalized spacial score (nSPS) is 18.5. The van der Waals surface area contributed by atoms with Gasteiger partial charge in [0.1, 0.15) is 11.8 Å². The number of hydrogen-bond donors (Lipinski definition) is 2.